The molecule has 2 heterocycles. The monoisotopic (exact) mass is 521 g/mol. The van der Waals surface area contributed by atoms with Gasteiger partial charge in [0.15, 0.2) is 6.10 Å². The van der Waals surface area contributed by atoms with Crippen molar-refractivity contribution >= 4 is 22.7 Å². The van der Waals surface area contributed by atoms with Crippen molar-refractivity contribution in [3.63, 3.8) is 0 Å². The lowest BCUT2D eigenvalue weighted by atomic mass is 10.1. The van der Waals surface area contributed by atoms with Gasteiger partial charge in [0.05, 0.1) is 16.8 Å². The minimum atomic E-state index is -4.65. The first-order chi connectivity index (χ1) is 18.2. The Hall–Kier alpha value is -4.59. The van der Waals surface area contributed by atoms with Gasteiger partial charge < -0.3 is 14.0 Å². The maximum absolute atomic E-state index is 12.7. The van der Waals surface area contributed by atoms with Crippen molar-refractivity contribution in [1.82, 2.24) is 14.5 Å². The van der Waals surface area contributed by atoms with E-state index in [1.165, 1.54) is 0 Å². The van der Waals surface area contributed by atoms with Crippen LogP contribution in [0.5, 0.6) is 11.8 Å². The van der Waals surface area contributed by atoms with E-state index in [1.807, 2.05) is 12.1 Å². The number of nitrogens with zero attached hydrogens (tertiary/aromatic N) is 4. The number of fused-ring (bicyclic) bond motifs is 1. The van der Waals surface area contributed by atoms with E-state index in [-0.39, 0.29) is 11.7 Å². The Morgan fingerprint density at radius 1 is 1.18 bits per heavy atom. The highest BCUT2D eigenvalue weighted by Crippen LogP contribution is 2.40. The number of benzene rings is 2. The van der Waals surface area contributed by atoms with Gasteiger partial charge in [0.2, 0.25) is 0 Å². The number of ether oxygens (including phenoxy) is 2. The van der Waals surface area contributed by atoms with Gasteiger partial charge >= 0.3 is 18.3 Å². The first kappa shape index (κ1) is 25.1. The van der Waals surface area contributed by atoms with E-state index < -0.39 is 18.4 Å². The summed E-state index contributed by atoms with van der Waals surface area (Å²) < 4.78 is 50.3. The van der Waals surface area contributed by atoms with Gasteiger partial charge in [-0.3, -0.25) is 5.32 Å². The quantitative estimate of drug-likeness (QED) is 0.291. The van der Waals surface area contributed by atoms with E-state index in [2.05, 4.69) is 30.7 Å². The van der Waals surface area contributed by atoms with Crippen molar-refractivity contribution in [3.05, 3.63) is 66.5 Å². The van der Waals surface area contributed by atoms with Crippen LogP contribution in [0.4, 0.5) is 23.7 Å². The number of halogens is 3. The average molecular weight is 521 g/mol. The summed E-state index contributed by atoms with van der Waals surface area (Å²) in [5, 5.41) is 13.2. The van der Waals surface area contributed by atoms with Crippen LogP contribution in [0, 0.1) is 17.2 Å². The lowest BCUT2D eigenvalue weighted by Crippen LogP contribution is -2.32. The molecule has 1 amide bonds. The van der Waals surface area contributed by atoms with Crippen LogP contribution < -0.4 is 10.1 Å². The average Bonchev–Trinajstić information content (AvgIpc) is 3.66. The van der Waals surface area contributed by atoms with Crippen molar-refractivity contribution in [2.45, 2.75) is 38.6 Å². The van der Waals surface area contributed by atoms with E-state index in [9.17, 15) is 23.2 Å². The lowest BCUT2D eigenvalue weighted by molar-refractivity contribution is -0.196. The molecule has 11 heteroatoms. The molecule has 0 radical (unpaired) electrons. The van der Waals surface area contributed by atoms with E-state index in [4.69, 9.17) is 4.74 Å². The van der Waals surface area contributed by atoms with Gasteiger partial charge in [0, 0.05) is 36.1 Å². The fourth-order valence-corrected chi connectivity index (χ4v) is 4.08. The zero-order valence-corrected chi connectivity index (χ0v) is 20.2. The number of carbonyl (C=O) groups is 1. The second kappa shape index (κ2) is 10.0. The molecule has 38 heavy (non-hydrogen) atoms. The topological polar surface area (TPSA) is 102 Å². The minimum Gasteiger partial charge on any atom is -0.437 e. The van der Waals surface area contributed by atoms with Crippen LogP contribution in [0.1, 0.15) is 25.3 Å². The summed E-state index contributed by atoms with van der Waals surface area (Å²) in [4.78, 5) is 20.1. The molecule has 1 fully saturated rings. The predicted octanol–water partition coefficient (Wildman–Crippen LogP) is 6.67. The molecule has 194 valence electrons. The fourth-order valence-electron chi connectivity index (χ4n) is 4.08. The van der Waals surface area contributed by atoms with Crippen molar-refractivity contribution < 1.29 is 27.4 Å². The Labute approximate surface area is 215 Å². The first-order valence-electron chi connectivity index (χ1n) is 11.9. The van der Waals surface area contributed by atoms with Crippen LogP contribution in [0.25, 0.3) is 22.2 Å². The molecule has 0 unspecified atom stereocenters. The smallest absolute Gasteiger partial charge is 0.425 e. The number of rotatable bonds is 7. The molecule has 1 aliphatic carbocycles. The minimum absolute atomic E-state index is 0.208. The summed E-state index contributed by atoms with van der Waals surface area (Å²) in [6.45, 7) is 1.47. The third kappa shape index (κ3) is 5.39. The van der Waals surface area contributed by atoms with Crippen LogP contribution in [0.2, 0.25) is 0 Å². The molecule has 1 saturated carbocycles. The molecule has 1 atom stereocenters. The van der Waals surface area contributed by atoms with Crippen LogP contribution in [0.15, 0.2) is 60.9 Å². The van der Waals surface area contributed by atoms with Gasteiger partial charge in [-0.15, -0.1) is 0 Å². The van der Waals surface area contributed by atoms with Crippen LogP contribution in [-0.2, 0) is 11.3 Å². The summed E-state index contributed by atoms with van der Waals surface area (Å²) in [6, 6.07) is 16.2. The molecule has 0 saturated heterocycles. The maximum Gasteiger partial charge on any atom is 0.425 e. The Balaban J connectivity index is 1.47. The Morgan fingerprint density at radius 3 is 2.53 bits per heavy atom. The van der Waals surface area contributed by atoms with Gasteiger partial charge in [0.25, 0.3) is 0 Å². The zero-order valence-electron chi connectivity index (χ0n) is 20.2. The Morgan fingerprint density at radius 2 is 1.89 bits per heavy atom. The summed E-state index contributed by atoms with van der Waals surface area (Å²) in [6.07, 6.45) is -2.75. The summed E-state index contributed by atoms with van der Waals surface area (Å²) in [5.74, 6) is 1.02. The standard InChI is InChI=1S/C27H22F3N5O3/c1-16(27(28,29)30)37-26(36)34-19-7-5-18(6-8-19)24-22(14-31)21-10-9-20(38-25-32-11-2-12-33-25)13-23(21)35(24)15-17-3-4-17/h2,5-13,16-17H,3-4,15H2,1H3,(H,34,36)/t16-/m0/s1. The molecular formula is C27H22F3N5O3. The van der Waals surface area contributed by atoms with Crippen molar-refractivity contribution in [2.24, 2.45) is 5.92 Å². The number of anilines is 1. The van der Waals surface area contributed by atoms with Gasteiger partial charge in [-0.05, 0) is 61.6 Å². The highest BCUT2D eigenvalue weighted by Gasteiger charge is 2.39. The normalized spacial score (nSPS) is 14.1. The number of hydrogen-bond acceptors (Lipinski definition) is 6. The molecule has 2 aromatic carbocycles. The predicted molar refractivity (Wildman–Crippen MR) is 133 cm³/mol. The lowest BCUT2D eigenvalue weighted by Gasteiger charge is -2.16. The molecule has 8 nitrogen and oxygen atoms in total. The molecule has 0 spiro atoms. The van der Waals surface area contributed by atoms with Gasteiger partial charge in [0.1, 0.15) is 11.8 Å². The van der Waals surface area contributed by atoms with E-state index in [0.29, 0.717) is 29.5 Å². The number of alkyl halides is 3. The third-order valence-corrected chi connectivity index (χ3v) is 6.19. The molecular weight excluding hydrogens is 499 g/mol. The SMILES string of the molecule is C[C@H](OC(=O)Nc1ccc(-c2c(C#N)c3ccc(Oc4ncccn4)cc3n2CC2CC2)cc1)C(F)(F)F. The Kier molecular flexibility index (Phi) is 6.63. The summed E-state index contributed by atoms with van der Waals surface area (Å²) >= 11 is 0. The number of nitrogens with one attached hydrogen (secondary N) is 1. The highest BCUT2D eigenvalue weighted by molar-refractivity contribution is 5.95. The molecule has 0 bridgehead atoms. The van der Waals surface area contributed by atoms with E-state index in [1.54, 1.807) is 48.8 Å². The molecule has 2 aromatic heterocycles. The summed E-state index contributed by atoms with van der Waals surface area (Å²) in [7, 11) is 0. The third-order valence-electron chi connectivity index (χ3n) is 6.19. The molecule has 5 rings (SSSR count). The second-order valence-corrected chi connectivity index (χ2v) is 8.99. The second-order valence-electron chi connectivity index (χ2n) is 8.99. The molecule has 1 aliphatic rings. The first-order valence-corrected chi connectivity index (χ1v) is 11.9. The number of carbonyl (C=O) groups excluding carboxylic acids is 1. The summed E-state index contributed by atoms with van der Waals surface area (Å²) in [5.41, 5.74) is 3.00. The van der Waals surface area contributed by atoms with Gasteiger partial charge in [-0.2, -0.15) is 18.4 Å². The number of nitriles is 1. The maximum atomic E-state index is 12.7. The molecule has 4 aromatic rings. The highest BCUT2D eigenvalue weighted by atomic mass is 19.4. The molecule has 1 N–H and O–H groups in total. The Bertz CT molecular complexity index is 1510. The number of amides is 1. The van der Waals surface area contributed by atoms with Crippen LogP contribution in [0.3, 0.4) is 0 Å². The van der Waals surface area contributed by atoms with E-state index in [0.717, 1.165) is 36.2 Å². The number of aromatic nitrogens is 3. The van der Waals surface area contributed by atoms with Gasteiger partial charge in [-0.25, -0.2) is 14.8 Å². The van der Waals surface area contributed by atoms with Crippen molar-refractivity contribution in [3.8, 4) is 29.1 Å². The fraction of sp³-hybridized carbons (Fsp3) is 0.259. The van der Waals surface area contributed by atoms with Crippen LogP contribution in [-0.4, -0.2) is 32.9 Å². The zero-order chi connectivity index (χ0) is 26.9. The molecule has 0 aliphatic heterocycles. The van der Waals surface area contributed by atoms with E-state index >= 15 is 0 Å². The van der Waals surface area contributed by atoms with Crippen LogP contribution >= 0.6 is 0 Å². The largest absolute Gasteiger partial charge is 0.437 e. The number of hydrogen-bond donors (Lipinski definition) is 1. The van der Waals surface area contributed by atoms with Crippen molar-refractivity contribution in [1.29, 1.82) is 5.26 Å². The van der Waals surface area contributed by atoms with Crippen molar-refractivity contribution in [2.75, 3.05) is 5.32 Å². The van der Waals surface area contributed by atoms with Gasteiger partial charge in [-0.1, -0.05) is 12.1 Å².